The van der Waals surface area contributed by atoms with E-state index in [4.69, 9.17) is 9.47 Å². The van der Waals surface area contributed by atoms with Crippen molar-refractivity contribution in [2.75, 3.05) is 13.7 Å². The largest absolute Gasteiger partial charge is 0.504 e. The average molecular weight is 587 g/mol. The van der Waals surface area contributed by atoms with E-state index in [1.54, 1.807) is 24.3 Å². The Balaban J connectivity index is 1.75. The van der Waals surface area contributed by atoms with Crippen LogP contribution in [0.4, 0.5) is 0 Å². The Bertz CT molecular complexity index is 772. The molecule has 0 atom stereocenters. The first-order valence-corrected chi connectivity index (χ1v) is 17.9. The molecule has 0 spiro atoms. The quantitative estimate of drug-likeness (QED) is 0.0553. The summed E-state index contributed by atoms with van der Waals surface area (Å²) in [7, 11) is 1.50. The second kappa shape index (κ2) is 29.1. The number of unbranched alkanes of at least 4 members (excludes halogenated alkanes) is 25. The molecular weight excluding hydrogens is 520 g/mol. The van der Waals surface area contributed by atoms with Crippen LogP contribution < -0.4 is 4.74 Å². The molecule has 0 bridgehead atoms. The van der Waals surface area contributed by atoms with Crippen molar-refractivity contribution in [1.82, 2.24) is 0 Å². The minimum absolute atomic E-state index is 0.0815. The predicted octanol–water partition coefficient (Wildman–Crippen LogP) is 12.1. The van der Waals surface area contributed by atoms with E-state index in [-0.39, 0.29) is 11.7 Å². The molecule has 0 saturated heterocycles. The van der Waals surface area contributed by atoms with Gasteiger partial charge in [-0.25, -0.2) is 4.79 Å². The van der Waals surface area contributed by atoms with Crippen molar-refractivity contribution >= 4 is 12.0 Å². The zero-order chi connectivity index (χ0) is 30.4. The van der Waals surface area contributed by atoms with Crippen LogP contribution in [0.25, 0.3) is 6.08 Å². The molecule has 0 aliphatic heterocycles. The van der Waals surface area contributed by atoms with Crippen molar-refractivity contribution in [3.63, 3.8) is 0 Å². The maximum absolute atomic E-state index is 11.9. The van der Waals surface area contributed by atoms with Gasteiger partial charge in [-0.15, -0.1) is 0 Å². The van der Waals surface area contributed by atoms with Crippen LogP contribution in [0.5, 0.6) is 11.5 Å². The minimum Gasteiger partial charge on any atom is -0.504 e. The lowest BCUT2D eigenvalue weighted by Crippen LogP contribution is -2.02. The van der Waals surface area contributed by atoms with Gasteiger partial charge in [-0.2, -0.15) is 0 Å². The molecule has 0 aliphatic carbocycles. The predicted molar refractivity (Wildman–Crippen MR) is 180 cm³/mol. The van der Waals surface area contributed by atoms with Crippen molar-refractivity contribution in [2.24, 2.45) is 0 Å². The van der Waals surface area contributed by atoms with Gasteiger partial charge in [-0.05, 0) is 30.2 Å². The lowest BCUT2D eigenvalue weighted by Gasteiger charge is -2.05. The lowest BCUT2D eigenvalue weighted by molar-refractivity contribution is -0.137. The van der Waals surface area contributed by atoms with Gasteiger partial charge in [0.2, 0.25) is 0 Å². The molecule has 242 valence electrons. The fourth-order valence-corrected chi connectivity index (χ4v) is 5.60. The number of phenols is 1. The number of phenolic OH excluding ortho intramolecular Hbond substituents is 1. The first-order chi connectivity index (χ1) is 20.7. The van der Waals surface area contributed by atoms with E-state index in [1.165, 1.54) is 167 Å². The normalized spacial score (nSPS) is 11.4. The number of esters is 1. The number of carbonyl (C=O) groups excluding carboxylic acids is 1. The number of hydrogen-bond donors (Lipinski definition) is 1. The highest BCUT2D eigenvalue weighted by atomic mass is 16.5. The maximum atomic E-state index is 11.9. The zero-order valence-electron chi connectivity index (χ0n) is 27.7. The number of benzene rings is 1. The molecule has 0 aliphatic rings. The summed E-state index contributed by atoms with van der Waals surface area (Å²) in [6.45, 7) is 2.77. The van der Waals surface area contributed by atoms with Crippen molar-refractivity contribution in [3.05, 3.63) is 29.8 Å². The summed E-state index contributed by atoms with van der Waals surface area (Å²) in [6, 6.07) is 4.96. The SMILES string of the molecule is CCCCCCCCCCCCCCCCCCCCCCCCCCCCOC(=O)/C=C\c1ccc(O)c(OC)c1. The summed E-state index contributed by atoms with van der Waals surface area (Å²) in [4.78, 5) is 11.9. The van der Waals surface area contributed by atoms with E-state index in [0.717, 1.165) is 18.4 Å². The molecule has 1 rings (SSSR count). The number of hydrogen-bond acceptors (Lipinski definition) is 4. The highest BCUT2D eigenvalue weighted by Gasteiger charge is 2.02. The summed E-state index contributed by atoms with van der Waals surface area (Å²) < 4.78 is 10.4. The highest BCUT2D eigenvalue weighted by molar-refractivity contribution is 5.87. The monoisotopic (exact) mass is 586 g/mol. The first kappa shape index (κ1) is 38.1. The van der Waals surface area contributed by atoms with Crippen LogP contribution in [0.3, 0.4) is 0 Å². The van der Waals surface area contributed by atoms with Crippen LogP contribution in [0.15, 0.2) is 24.3 Å². The van der Waals surface area contributed by atoms with E-state index < -0.39 is 0 Å². The molecule has 42 heavy (non-hydrogen) atoms. The average Bonchev–Trinajstić information content (AvgIpc) is 3.00. The highest BCUT2D eigenvalue weighted by Crippen LogP contribution is 2.26. The molecule has 0 fully saturated rings. The van der Waals surface area contributed by atoms with Crippen LogP contribution in [-0.4, -0.2) is 24.8 Å². The van der Waals surface area contributed by atoms with Gasteiger partial charge in [-0.1, -0.05) is 174 Å². The standard InChI is InChI=1S/C38H66O4/c1-3-4-5-6-7-8-9-10-11-12-13-14-15-16-17-18-19-20-21-22-23-24-25-26-27-28-33-42-38(40)32-30-35-29-31-36(39)37(34-35)41-2/h29-32,34,39H,3-28,33H2,1-2H3/b32-30-. The smallest absolute Gasteiger partial charge is 0.330 e. The van der Waals surface area contributed by atoms with Crippen molar-refractivity contribution < 1.29 is 19.4 Å². The van der Waals surface area contributed by atoms with Crippen molar-refractivity contribution in [1.29, 1.82) is 0 Å². The van der Waals surface area contributed by atoms with Crippen LogP contribution in [0, 0.1) is 0 Å². The molecule has 0 aromatic heterocycles. The van der Waals surface area contributed by atoms with Gasteiger partial charge in [-0.3, -0.25) is 0 Å². The third-order valence-electron chi connectivity index (χ3n) is 8.36. The Morgan fingerprint density at radius 1 is 0.619 bits per heavy atom. The van der Waals surface area contributed by atoms with Crippen LogP contribution in [-0.2, 0) is 9.53 Å². The van der Waals surface area contributed by atoms with Crippen molar-refractivity contribution in [3.8, 4) is 11.5 Å². The molecule has 0 unspecified atom stereocenters. The number of carbonyl (C=O) groups is 1. The number of methoxy groups -OCH3 is 1. The second-order valence-corrected chi connectivity index (χ2v) is 12.3. The summed E-state index contributed by atoms with van der Waals surface area (Å²) in [6.07, 6.45) is 39.1. The topological polar surface area (TPSA) is 55.8 Å². The van der Waals surface area contributed by atoms with E-state index in [2.05, 4.69) is 6.92 Å². The third-order valence-corrected chi connectivity index (χ3v) is 8.36. The van der Waals surface area contributed by atoms with Crippen molar-refractivity contribution in [2.45, 2.75) is 174 Å². The molecule has 1 N–H and O–H groups in total. The van der Waals surface area contributed by atoms with Gasteiger partial charge in [0, 0.05) is 6.08 Å². The Hall–Kier alpha value is -1.97. The molecule has 4 nitrogen and oxygen atoms in total. The van der Waals surface area contributed by atoms with Gasteiger partial charge < -0.3 is 14.6 Å². The summed E-state index contributed by atoms with van der Waals surface area (Å²) in [5.74, 6) is 0.135. The van der Waals surface area contributed by atoms with Crippen LogP contribution in [0.1, 0.15) is 179 Å². The second-order valence-electron chi connectivity index (χ2n) is 12.3. The molecule has 1 aromatic carbocycles. The third kappa shape index (κ3) is 23.6. The fourth-order valence-electron chi connectivity index (χ4n) is 5.60. The maximum Gasteiger partial charge on any atom is 0.330 e. The fraction of sp³-hybridized carbons (Fsp3) is 0.763. The Kier molecular flexibility index (Phi) is 26.4. The van der Waals surface area contributed by atoms with E-state index in [1.807, 2.05) is 0 Å². The van der Waals surface area contributed by atoms with Gasteiger partial charge in [0.05, 0.1) is 13.7 Å². The van der Waals surface area contributed by atoms with E-state index in [9.17, 15) is 9.90 Å². The molecule has 0 saturated carbocycles. The zero-order valence-corrected chi connectivity index (χ0v) is 27.7. The molecule has 0 amide bonds. The molecule has 0 radical (unpaired) electrons. The molecule has 4 heteroatoms. The lowest BCUT2D eigenvalue weighted by atomic mass is 10.0. The van der Waals surface area contributed by atoms with Gasteiger partial charge >= 0.3 is 5.97 Å². The van der Waals surface area contributed by atoms with E-state index >= 15 is 0 Å². The Morgan fingerprint density at radius 3 is 1.38 bits per heavy atom. The van der Waals surface area contributed by atoms with Gasteiger partial charge in [0.15, 0.2) is 11.5 Å². The van der Waals surface area contributed by atoms with Crippen LogP contribution in [0.2, 0.25) is 0 Å². The minimum atomic E-state index is -0.332. The number of aromatic hydroxyl groups is 1. The van der Waals surface area contributed by atoms with E-state index in [0.29, 0.717) is 12.4 Å². The summed E-state index contributed by atoms with van der Waals surface area (Å²) in [5.41, 5.74) is 0.779. The van der Waals surface area contributed by atoms with Crippen LogP contribution >= 0.6 is 0 Å². The Labute approximate surface area is 260 Å². The molecule has 1 aromatic rings. The first-order valence-electron chi connectivity index (χ1n) is 17.9. The Morgan fingerprint density at radius 2 is 1.00 bits per heavy atom. The molecule has 0 heterocycles. The number of ether oxygens (including phenoxy) is 2. The number of rotatable bonds is 30. The summed E-state index contributed by atoms with van der Waals surface area (Å²) >= 11 is 0. The van der Waals surface area contributed by atoms with Gasteiger partial charge in [0.25, 0.3) is 0 Å². The van der Waals surface area contributed by atoms with Gasteiger partial charge in [0.1, 0.15) is 0 Å². The molecular formula is C38H66O4. The summed E-state index contributed by atoms with van der Waals surface area (Å²) in [5, 5.41) is 9.63.